The first-order chi connectivity index (χ1) is 29.0. The lowest BCUT2D eigenvalue weighted by atomic mass is 10.1. The summed E-state index contributed by atoms with van der Waals surface area (Å²) in [4.78, 5) is 37.8. The molecule has 0 saturated carbocycles. The molecule has 6 heteroatoms. The van der Waals surface area contributed by atoms with Crippen molar-refractivity contribution in [2.24, 2.45) is 0 Å². The van der Waals surface area contributed by atoms with Gasteiger partial charge in [-0.2, -0.15) is 0 Å². The lowest BCUT2D eigenvalue weighted by molar-refractivity contribution is -0.167. The maximum Gasteiger partial charge on any atom is 0.306 e. The molecule has 0 fully saturated rings. The lowest BCUT2D eigenvalue weighted by Crippen LogP contribution is -2.30. The lowest BCUT2D eigenvalue weighted by Gasteiger charge is -2.18. The van der Waals surface area contributed by atoms with E-state index < -0.39 is 6.10 Å². The zero-order chi connectivity index (χ0) is 43.0. The van der Waals surface area contributed by atoms with E-state index in [1.54, 1.807) is 0 Å². The van der Waals surface area contributed by atoms with Gasteiger partial charge in [0.25, 0.3) is 0 Å². The van der Waals surface area contributed by atoms with Crippen molar-refractivity contribution in [3.63, 3.8) is 0 Å². The molecule has 6 nitrogen and oxygen atoms in total. The summed E-state index contributed by atoms with van der Waals surface area (Å²) in [6.07, 6.45) is 55.6. The monoisotopic (exact) mass is 829 g/mol. The predicted molar refractivity (Wildman–Crippen MR) is 252 cm³/mol. The standard InChI is InChI=1S/C53H96O6/c1-4-7-10-13-16-19-22-24-25-26-27-28-29-30-32-34-37-40-43-46-52(55)58-49-50(48-57-51(54)45-42-39-36-33-21-18-15-12-9-6-3)59-53(56)47-44-41-38-35-31-23-20-17-14-11-8-5-2/h15,17-18,20,26-27,50H,4-14,16,19,21-25,28-49H2,1-3H3/b18-15-,20-17-,27-26-. The number of unbranched alkanes of at least 4 members (excludes halogenated alkanes) is 29. The minimum absolute atomic E-state index is 0.0802. The number of rotatable bonds is 46. The molecule has 344 valence electrons. The summed E-state index contributed by atoms with van der Waals surface area (Å²) >= 11 is 0. The third-order valence-corrected chi connectivity index (χ3v) is 11.1. The highest BCUT2D eigenvalue weighted by Crippen LogP contribution is 2.14. The Balaban J connectivity index is 4.30. The molecule has 0 rings (SSSR count). The van der Waals surface area contributed by atoms with Crippen LogP contribution in [0.15, 0.2) is 36.5 Å². The van der Waals surface area contributed by atoms with Crippen molar-refractivity contribution in [2.45, 2.75) is 271 Å². The molecule has 0 aromatic carbocycles. The normalized spacial score (nSPS) is 12.3. The molecule has 0 amide bonds. The van der Waals surface area contributed by atoms with Crippen LogP contribution in [0.1, 0.15) is 265 Å². The van der Waals surface area contributed by atoms with Crippen LogP contribution in [0.4, 0.5) is 0 Å². The largest absolute Gasteiger partial charge is 0.462 e. The maximum atomic E-state index is 12.7. The number of ether oxygens (including phenoxy) is 3. The van der Waals surface area contributed by atoms with Gasteiger partial charge < -0.3 is 14.2 Å². The van der Waals surface area contributed by atoms with Gasteiger partial charge in [0.15, 0.2) is 6.10 Å². The Labute approximate surface area is 365 Å². The van der Waals surface area contributed by atoms with Crippen molar-refractivity contribution >= 4 is 17.9 Å². The van der Waals surface area contributed by atoms with Gasteiger partial charge in [0, 0.05) is 19.3 Å². The number of hydrogen-bond donors (Lipinski definition) is 0. The van der Waals surface area contributed by atoms with Gasteiger partial charge in [0.2, 0.25) is 0 Å². The van der Waals surface area contributed by atoms with Crippen molar-refractivity contribution in [2.75, 3.05) is 13.2 Å². The van der Waals surface area contributed by atoms with Crippen LogP contribution >= 0.6 is 0 Å². The molecule has 0 aromatic heterocycles. The van der Waals surface area contributed by atoms with Gasteiger partial charge in [-0.1, -0.05) is 192 Å². The van der Waals surface area contributed by atoms with Crippen molar-refractivity contribution < 1.29 is 28.6 Å². The third kappa shape index (κ3) is 46.5. The summed E-state index contributed by atoms with van der Waals surface area (Å²) in [5.41, 5.74) is 0. The topological polar surface area (TPSA) is 78.9 Å². The van der Waals surface area contributed by atoms with Crippen molar-refractivity contribution in [1.29, 1.82) is 0 Å². The van der Waals surface area contributed by atoms with Crippen molar-refractivity contribution in [3.05, 3.63) is 36.5 Å². The molecule has 1 unspecified atom stereocenters. The summed E-state index contributed by atoms with van der Waals surface area (Å²) in [5, 5.41) is 0. The van der Waals surface area contributed by atoms with E-state index in [9.17, 15) is 14.4 Å². The van der Waals surface area contributed by atoms with Gasteiger partial charge in [-0.3, -0.25) is 14.4 Å². The van der Waals surface area contributed by atoms with Gasteiger partial charge in [0.1, 0.15) is 13.2 Å². The fourth-order valence-electron chi connectivity index (χ4n) is 7.18. The molecule has 0 radical (unpaired) electrons. The highest BCUT2D eigenvalue weighted by atomic mass is 16.6. The molecule has 0 saturated heterocycles. The summed E-state index contributed by atoms with van der Waals surface area (Å²) in [5.74, 6) is -0.902. The smallest absolute Gasteiger partial charge is 0.306 e. The van der Waals surface area contributed by atoms with E-state index in [4.69, 9.17) is 14.2 Å². The average Bonchev–Trinajstić information content (AvgIpc) is 3.23. The van der Waals surface area contributed by atoms with Crippen LogP contribution in [0.2, 0.25) is 0 Å². The fourth-order valence-corrected chi connectivity index (χ4v) is 7.18. The number of hydrogen-bond acceptors (Lipinski definition) is 6. The second-order valence-corrected chi connectivity index (χ2v) is 17.1. The molecular weight excluding hydrogens is 733 g/mol. The molecule has 0 aliphatic heterocycles. The van der Waals surface area contributed by atoms with Crippen LogP contribution in [0.25, 0.3) is 0 Å². The summed E-state index contributed by atoms with van der Waals surface area (Å²) < 4.78 is 16.7. The number of esters is 3. The average molecular weight is 829 g/mol. The van der Waals surface area contributed by atoms with E-state index in [0.29, 0.717) is 19.3 Å². The first-order valence-electron chi connectivity index (χ1n) is 25.5. The second kappa shape index (κ2) is 48.3. The predicted octanol–water partition coefficient (Wildman–Crippen LogP) is 16.5. The molecule has 0 N–H and O–H groups in total. The molecule has 0 bridgehead atoms. The van der Waals surface area contributed by atoms with Crippen molar-refractivity contribution in [1.82, 2.24) is 0 Å². The molecule has 59 heavy (non-hydrogen) atoms. The van der Waals surface area contributed by atoms with Gasteiger partial charge in [-0.15, -0.1) is 0 Å². The molecule has 0 aliphatic carbocycles. The Morgan fingerprint density at radius 1 is 0.322 bits per heavy atom. The maximum absolute atomic E-state index is 12.7. The SMILES string of the molecule is CCCC/C=C\CCCCCCC(=O)OCC(COC(=O)CCCCCCCCC/C=C\CCCCCCCCCC)OC(=O)CCCCCCC/C=C\CCCCC. The minimum atomic E-state index is -0.779. The van der Waals surface area contributed by atoms with Crippen LogP contribution in [-0.2, 0) is 28.6 Å². The van der Waals surface area contributed by atoms with E-state index in [1.165, 1.54) is 135 Å². The third-order valence-electron chi connectivity index (χ3n) is 11.1. The van der Waals surface area contributed by atoms with E-state index in [1.807, 2.05) is 0 Å². The highest BCUT2D eigenvalue weighted by Gasteiger charge is 2.19. The first-order valence-corrected chi connectivity index (χ1v) is 25.5. The zero-order valence-electron chi connectivity index (χ0n) is 39.3. The molecule has 0 aromatic rings. The summed E-state index contributed by atoms with van der Waals surface area (Å²) in [6.45, 7) is 6.56. The van der Waals surface area contributed by atoms with Crippen LogP contribution in [-0.4, -0.2) is 37.2 Å². The van der Waals surface area contributed by atoms with Crippen LogP contribution in [0, 0.1) is 0 Å². The van der Waals surface area contributed by atoms with Crippen LogP contribution < -0.4 is 0 Å². The van der Waals surface area contributed by atoms with Gasteiger partial charge in [-0.25, -0.2) is 0 Å². The minimum Gasteiger partial charge on any atom is -0.462 e. The number of carbonyl (C=O) groups excluding carboxylic acids is 3. The van der Waals surface area contributed by atoms with Crippen LogP contribution in [0.3, 0.4) is 0 Å². The second-order valence-electron chi connectivity index (χ2n) is 17.1. The van der Waals surface area contributed by atoms with E-state index in [-0.39, 0.29) is 31.1 Å². The number of allylic oxidation sites excluding steroid dienone is 6. The van der Waals surface area contributed by atoms with E-state index >= 15 is 0 Å². The Morgan fingerprint density at radius 2 is 0.576 bits per heavy atom. The Kier molecular flexibility index (Phi) is 46.4. The number of carbonyl (C=O) groups is 3. The molecule has 0 aliphatic rings. The van der Waals surface area contributed by atoms with Gasteiger partial charge in [-0.05, 0) is 89.9 Å². The van der Waals surface area contributed by atoms with Gasteiger partial charge >= 0.3 is 17.9 Å². The molecule has 1 atom stereocenters. The highest BCUT2D eigenvalue weighted by molar-refractivity contribution is 5.71. The van der Waals surface area contributed by atoms with Crippen molar-refractivity contribution in [3.8, 4) is 0 Å². The Morgan fingerprint density at radius 3 is 0.932 bits per heavy atom. The fraction of sp³-hybridized carbons (Fsp3) is 0.830. The van der Waals surface area contributed by atoms with Crippen LogP contribution in [0.5, 0.6) is 0 Å². The zero-order valence-corrected chi connectivity index (χ0v) is 39.3. The Bertz CT molecular complexity index is 1000. The Hall–Kier alpha value is -2.37. The molecular formula is C53H96O6. The summed E-state index contributed by atoms with van der Waals surface area (Å²) in [6, 6.07) is 0. The van der Waals surface area contributed by atoms with Gasteiger partial charge in [0.05, 0.1) is 0 Å². The quantitative estimate of drug-likeness (QED) is 0.0263. The van der Waals surface area contributed by atoms with E-state index in [2.05, 4.69) is 57.2 Å². The first kappa shape index (κ1) is 56.6. The summed E-state index contributed by atoms with van der Waals surface area (Å²) in [7, 11) is 0. The van der Waals surface area contributed by atoms with E-state index in [0.717, 1.165) is 89.9 Å². The molecule has 0 spiro atoms. The molecule has 0 heterocycles.